The Morgan fingerprint density at radius 2 is 1.78 bits per heavy atom. The number of hydrogen-bond acceptors (Lipinski definition) is 6. The molecule has 168 valence electrons. The summed E-state index contributed by atoms with van der Waals surface area (Å²) in [6.45, 7) is 0.969. The molecule has 0 bridgehead atoms. The number of aryl methyl sites for hydroxylation is 2. The zero-order valence-electron chi connectivity index (χ0n) is 17.6. The lowest BCUT2D eigenvalue weighted by atomic mass is 9.92. The number of fused-ring (bicyclic) bond motifs is 2. The van der Waals surface area contributed by atoms with Crippen LogP contribution in [0.25, 0.3) is 10.2 Å². The molecule has 0 N–H and O–H groups in total. The van der Waals surface area contributed by atoms with Crippen molar-refractivity contribution in [1.82, 2.24) is 18.8 Å². The second kappa shape index (κ2) is 8.42. The van der Waals surface area contributed by atoms with Crippen molar-refractivity contribution in [2.75, 3.05) is 26.2 Å². The van der Waals surface area contributed by atoms with Crippen molar-refractivity contribution < 1.29 is 13.2 Å². The molecule has 5 rings (SSSR count). The standard InChI is InChI=1S/C22H24N4O4S2/c27-20(14-25-15-23-21-19(22(25)28)7-12-31-21)24-8-10-26(11-9-24)32(29,30)18-6-5-16-3-1-2-4-17(16)13-18/h5-7,12-13,15H,1-4,8-11,14H2. The van der Waals surface area contributed by atoms with Crippen LogP contribution in [-0.4, -0.2) is 59.3 Å². The minimum atomic E-state index is -3.60. The van der Waals surface area contributed by atoms with Crippen LogP contribution in [0.3, 0.4) is 0 Å². The number of nitrogens with zero attached hydrogens (tertiary/aromatic N) is 4. The molecule has 0 spiro atoms. The van der Waals surface area contributed by atoms with Gasteiger partial charge >= 0.3 is 0 Å². The number of aromatic nitrogens is 2. The number of hydrogen-bond donors (Lipinski definition) is 0. The molecule has 1 aliphatic carbocycles. The van der Waals surface area contributed by atoms with Crippen molar-refractivity contribution in [2.24, 2.45) is 0 Å². The summed E-state index contributed by atoms with van der Waals surface area (Å²) in [5.74, 6) is -0.214. The Hall–Kier alpha value is -2.56. The zero-order valence-corrected chi connectivity index (χ0v) is 19.2. The lowest BCUT2D eigenvalue weighted by molar-refractivity contribution is -0.133. The Morgan fingerprint density at radius 3 is 2.56 bits per heavy atom. The van der Waals surface area contributed by atoms with Crippen LogP contribution in [0.2, 0.25) is 0 Å². The predicted molar refractivity (Wildman–Crippen MR) is 122 cm³/mol. The maximum absolute atomic E-state index is 13.2. The second-order valence-electron chi connectivity index (χ2n) is 8.24. The van der Waals surface area contributed by atoms with Gasteiger partial charge in [0.05, 0.1) is 16.6 Å². The maximum Gasteiger partial charge on any atom is 0.262 e. The molecule has 2 aliphatic rings. The fraction of sp³-hybridized carbons (Fsp3) is 0.409. The van der Waals surface area contributed by atoms with Gasteiger partial charge < -0.3 is 4.90 Å². The van der Waals surface area contributed by atoms with Crippen LogP contribution in [0.15, 0.2) is 45.7 Å². The molecular weight excluding hydrogens is 448 g/mol. The number of thiophene rings is 1. The molecular formula is C22H24N4O4S2. The number of carbonyl (C=O) groups excluding carboxylic acids is 1. The fourth-order valence-electron chi connectivity index (χ4n) is 4.45. The Balaban J connectivity index is 1.25. The molecule has 1 fully saturated rings. The molecule has 3 aromatic rings. The van der Waals surface area contributed by atoms with Crippen LogP contribution >= 0.6 is 11.3 Å². The van der Waals surface area contributed by atoms with Gasteiger partial charge in [0.15, 0.2) is 0 Å². The molecule has 8 nitrogen and oxygen atoms in total. The minimum Gasteiger partial charge on any atom is -0.338 e. The zero-order chi connectivity index (χ0) is 22.3. The highest BCUT2D eigenvalue weighted by atomic mass is 32.2. The van der Waals surface area contributed by atoms with Crippen molar-refractivity contribution in [3.63, 3.8) is 0 Å². The molecule has 0 saturated carbocycles. The van der Waals surface area contributed by atoms with E-state index in [0.29, 0.717) is 28.2 Å². The smallest absolute Gasteiger partial charge is 0.262 e. The molecule has 3 heterocycles. The van der Waals surface area contributed by atoms with Gasteiger partial charge in [0.2, 0.25) is 15.9 Å². The van der Waals surface area contributed by atoms with E-state index in [4.69, 9.17) is 0 Å². The third-order valence-corrected chi connectivity index (χ3v) is 9.02. The summed E-state index contributed by atoms with van der Waals surface area (Å²) < 4.78 is 29.1. The first-order chi connectivity index (χ1) is 15.4. The van der Waals surface area contributed by atoms with Gasteiger partial charge in [-0.15, -0.1) is 11.3 Å². The molecule has 0 radical (unpaired) electrons. The van der Waals surface area contributed by atoms with E-state index in [9.17, 15) is 18.0 Å². The van der Waals surface area contributed by atoms with E-state index < -0.39 is 10.0 Å². The van der Waals surface area contributed by atoms with Crippen molar-refractivity contribution in [3.05, 3.63) is 57.5 Å². The van der Waals surface area contributed by atoms with E-state index in [-0.39, 0.29) is 31.1 Å². The number of piperazine rings is 1. The van der Waals surface area contributed by atoms with Gasteiger partial charge in [-0.3, -0.25) is 14.2 Å². The van der Waals surface area contributed by atoms with E-state index in [2.05, 4.69) is 4.98 Å². The molecule has 0 unspecified atom stereocenters. The third kappa shape index (κ3) is 3.87. The van der Waals surface area contributed by atoms with Crippen molar-refractivity contribution in [1.29, 1.82) is 0 Å². The van der Waals surface area contributed by atoms with Crippen LogP contribution in [0.4, 0.5) is 0 Å². The highest BCUT2D eigenvalue weighted by Crippen LogP contribution is 2.26. The summed E-state index contributed by atoms with van der Waals surface area (Å²) >= 11 is 1.38. The lowest BCUT2D eigenvalue weighted by Gasteiger charge is -2.34. The largest absolute Gasteiger partial charge is 0.338 e. The summed E-state index contributed by atoms with van der Waals surface area (Å²) in [4.78, 5) is 32.1. The Bertz CT molecular complexity index is 1340. The first-order valence-electron chi connectivity index (χ1n) is 10.8. The molecule has 0 atom stereocenters. The Kier molecular flexibility index (Phi) is 5.60. The summed E-state index contributed by atoms with van der Waals surface area (Å²) in [5.41, 5.74) is 2.14. The second-order valence-corrected chi connectivity index (χ2v) is 11.1. The molecule has 1 aromatic carbocycles. The van der Waals surface area contributed by atoms with Crippen molar-refractivity contribution >= 4 is 37.5 Å². The first-order valence-corrected chi connectivity index (χ1v) is 13.1. The van der Waals surface area contributed by atoms with Gasteiger partial charge in [-0.05, 0) is 60.4 Å². The average molecular weight is 473 g/mol. The molecule has 1 amide bonds. The summed E-state index contributed by atoms with van der Waals surface area (Å²) in [6, 6.07) is 7.18. The molecule has 1 aliphatic heterocycles. The number of carbonyl (C=O) groups is 1. The van der Waals surface area contributed by atoms with Crippen LogP contribution in [0, 0.1) is 0 Å². The quantitative estimate of drug-likeness (QED) is 0.578. The van der Waals surface area contributed by atoms with Crippen LogP contribution in [-0.2, 0) is 34.2 Å². The molecule has 2 aromatic heterocycles. The highest BCUT2D eigenvalue weighted by Gasteiger charge is 2.31. The van der Waals surface area contributed by atoms with E-state index >= 15 is 0 Å². The van der Waals surface area contributed by atoms with Crippen molar-refractivity contribution in [3.8, 4) is 0 Å². The van der Waals surface area contributed by atoms with Crippen LogP contribution in [0.5, 0.6) is 0 Å². The SMILES string of the molecule is O=C(Cn1cnc2sccc2c1=O)N1CCN(S(=O)(=O)c2ccc3c(c2)CCCC3)CC1. The van der Waals surface area contributed by atoms with E-state index in [1.165, 1.54) is 32.1 Å². The predicted octanol–water partition coefficient (Wildman–Crippen LogP) is 1.87. The van der Waals surface area contributed by atoms with Gasteiger partial charge in [0.25, 0.3) is 5.56 Å². The molecule has 1 saturated heterocycles. The summed E-state index contributed by atoms with van der Waals surface area (Å²) in [5, 5.41) is 2.30. The van der Waals surface area contributed by atoms with Gasteiger partial charge in [0, 0.05) is 26.2 Å². The summed E-state index contributed by atoms with van der Waals surface area (Å²) in [7, 11) is -3.60. The number of amides is 1. The maximum atomic E-state index is 13.2. The molecule has 10 heteroatoms. The normalized spacial score (nSPS) is 17.4. The average Bonchev–Trinajstić information content (AvgIpc) is 3.30. The number of benzene rings is 1. The lowest BCUT2D eigenvalue weighted by Crippen LogP contribution is -2.51. The van der Waals surface area contributed by atoms with E-state index in [1.807, 2.05) is 12.1 Å². The van der Waals surface area contributed by atoms with E-state index in [0.717, 1.165) is 31.2 Å². The monoisotopic (exact) mass is 472 g/mol. The topological polar surface area (TPSA) is 92.6 Å². The van der Waals surface area contributed by atoms with Gasteiger partial charge in [0.1, 0.15) is 11.4 Å². The highest BCUT2D eigenvalue weighted by molar-refractivity contribution is 7.89. The van der Waals surface area contributed by atoms with Gasteiger partial charge in [-0.1, -0.05) is 6.07 Å². The number of rotatable bonds is 4. The van der Waals surface area contributed by atoms with Gasteiger partial charge in [-0.25, -0.2) is 13.4 Å². The third-order valence-electron chi connectivity index (χ3n) is 6.31. The van der Waals surface area contributed by atoms with Crippen LogP contribution in [0.1, 0.15) is 24.0 Å². The fourth-order valence-corrected chi connectivity index (χ4v) is 6.65. The Labute approximate surface area is 190 Å². The summed E-state index contributed by atoms with van der Waals surface area (Å²) in [6.07, 6.45) is 5.57. The first kappa shape index (κ1) is 21.3. The van der Waals surface area contributed by atoms with Crippen molar-refractivity contribution in [2.45, 2.75) is 37.1 Å². The molecule has 32 heavy (non-hydrogen) atoms. The number of sulfonamides is 1. The Morgan fingerprint density at radius 1 is 1.03 bits per heavy atom. The minimum absolute atomic E-state index is 0.102. The van der Waals surface area contributed by atoms with E-state index in [1.54, 1.807) is 22.4 Å². The van der Waals surface area contributed by atoms with Crippen LogP contribution < -0.4 is 5.56 Å². The van der Waals surface area contributed by atoms with Gasteiger partial charge in [-0.2, -0.15) is 4.31 Å².